The van der Waals surface area contributed by atoms with E-state index in [9.17, 15) is 4.79 Å². The minimum absolute atomic E-state index is 0.0145. The van der Waals surface area contributed by atoms with E-state index in [2.05, 4.69) is 20.9 Å². The van der Waals surface area contributed by atoms with Gasteiger partial charge in [0, 0.05) is 13.1 Å². The average Bonchev–Trinajstić information content (AvgIpc) is 2.13. The van der Waals surface area contributed by atoms with E-state index < -0.39 is 0 Å². The van der Waals surface area contributed by atoms with Gasteiger partial charge in [-0.3, -0.25) is 9.36 Å². The lowest BCUT2D eigenvalue weighted by atomic mass is 10.4. The van der Waals surface area contributed by atoms with Crippen LogP contribution in [0, 0.1) is 6.92 Å². The fraction of sp³-hybridized carbons (Fsp3) is 0.556. The van der Waals surface area contributed by atoms with Crippen molar-refractivity contribution in [2.45, 2.75) is 13.5 Å². The van der Waals surface area contributed by atoms with E-state index in [1.165, 1.54) is 0 Å². The van der Waals surface area contributed by atoms with Crippen molar-refractivity contribution in [2.24, 2.45) is 0 Å². The van der Waals surface area contributed by atoms with Crippen LogP contribution in [0.5, 0.6) is 0 Å². The minimum atomic E-state index is -0.0145. The summed E-state index contributed by atoms with van der Waals surface area (Å²) in [6.07, 6.45) is 1.59. The highest BCUT2D eigenvalue weighted by Gasteiger charge is 2.04. The van der Waals surface area contributed by atoms with Crippen LogP contribution in [0.25, 0.3) is 0 Å². The Bertz CT molecular complexity index is 373. The molecule has 0 N–H and O–H groups in total. The van der Waals surface area contributed by atoms with Gasteiger partial charge in [-0.15, -0.1) is 0 Å². The summed E-state index contributed by atoms with van der Waals surface area (Å²) in [6.45, 7) is 3.30. The van der Waals surface area contributed by atoms with E-state index >= 15 is 0 Å². The Morgan fingerprint density at radius 1 is 1.57 bits per heavy atom. The maximum absolute atomic E-state index is 11.7. The molecule has 0 bridgehead atoms. The molecule has 0 aliphatic heterocycles. The van der Waals surface area contributed by atoms with Crippen LogP contribution < -0.4 is 5.56 Å². The van der Waals surface area contributed by atoms with E-state index in [0.717, 1.165) is 12.2 Å². The van der Waals surface area contributed by atoms with Crippen LogP contribution >= 0.6 is 15.9 Å². The molecular weight excluding hydrogens is 246 g/mol. The standard InChI is InChI=1S/C9H14BrN3O/c1-7-8(10)9(14)13(6-11-7)5-4-12(2)3/h6H,4-5H2,1-3H3. The first kappa shape index (κ1) is 11.4. The molecule has 0 saturated carbocycles. The second-order valence-electron chi connectivity index (χ2n) is 3.45. The quantitative estimate of drug-likeness (QED) is 0.809. The molecule has 0 unspecified atom stereocenters. The first-order chi connectivity index (χ1) is 6.52. The van der Waals surface area contributed by atoms with Crippen molar-refractivity contribution in [3.8, 4) is 0 Å². The largest absolute Gasteiger partial charge is 0.308 e. The van der Waals surface area contributed by atoms with Gasteiger partial charge in [-0.05, 0) is 36.9 Å². The zero-order valence-corrected chi connectivity index (χ0v) is 10.2. The highest BCUT2D eigenvalue weighted by molar-refractivity contribution is 9.10. The molecule has 0 fully saturated rings. The smallest absolute Gasteiger partial charge is 0.267 e. The molecule has 14 heavy (non-hydrogen) atoms. The second-order valence-corrected chi connectivity index (χ2v) is 4.24. The number of hydrogen-bond donors (Lipinski definition) is 0. The predicted molar refractivity (Wildman–Crippen MR) is 59.5 cm³/mol. The Hall–Kier alpha value is -0.680. The van der Waals surface area contributed by atoms with Gasteiger partial charge in [0.25, 0.3) is 5.56 Å². The van der Waals surface area contributed by atoms with Gasteiger partial charge < -0.3 is 4.90 Å². The molecule has 0 atom stereocenters. The molecular formula is C9H14BrN3O. The van der Waals surface area contributed by atoms with Gasteiger partial charge in [0.1, 0.15) is 4.47 Å². The number of hydrogen-bond acceptors (Lipinski definition) is 3. The highest BCUT2D eigenvalue weighted by atomic mass is 79.9. The van der Waals surface area contributed by atoms with Crippen LogP contribution in [0.2, 0.25) is 0 Å². The Balaban J connectivity index is 2.89. The third-order valence-electron chi connectivity index (χ3n) is 1.95. The topological polar surface area (TPSA) is 38.1 Å². The Kier molecular flexibility index (Phi) is 3.83. The maximum atomic E-state index is 11.7. The zero-order chi connectivity index (χ0) is 10.7. The lowest BCUT2D eigenvalue weighted by Gasteiger charge is -2.11. The predicted octanol–water partition coefficient (Wildman–Crippen LogP) is 0.876. The summed E-state index contributed by atoms with van der Waals surface area (Å²) in [7, 11) is 3.95. The summed E-state index contributed by atoms with van der Waals surface area (Å²) in [5, 5.41) is 0. The monoisotopic (exact) mass is 259 g/mol. The number of halogens is 1. The zero-order valence-electron chi connectivity index (χ0n) is 8.62. The van der Waals surface area contributed by atoms with Crippen molar-refractivity contribution >= 4 is 15.9 Å². The highest BCUT2D eigenvalue weighted by Crippen LogP contribution is 2.05. The van der Waals surface area contributed by atoms with E-state index in [-0.39, 0.29) is 5.56 Å². The molecule has 0 aromatic carbocycles. The molecule has 0 aliphatic carbocycles. The first-order valence-corrected chi connectivity index (χ1v) is 5.18. The van der Waals surface area contributed by atoms with Gasteiger partial charge in [0.05, 0.1) is 12.0 Å². The lowest BCUT2D eigenvalue weighted by Crippen LogP contribution is -2.27. The molecule has 1 aromatic heterocycles. The molecule has 4 nitrogen and oxygen atoms in total. The molecule has 0 spiro atoms. The van der Waals surface area contributed by atoms with Crippen molar-refractivity contribution in [1.29, 1.82) is 0 Å². The maximum Gasteiger partial charge on any atom is 0.267 e. The fourth-order valence-electron chi connectivity index (χ4n) is 1.01. The fourth-order valence-corrected chi connectivity index (χ4v) is 1.34. The lowest BCUT2D eigenvalue weighted by molar-refractivity contribution is 0.379. The summed E-state index contributed by atoms with van der Waals surface area (Å²) in [5.41, 5.74) is 0.718. The molecule has 0 amide bonds. The number of rotatable bonds is 3. The SMILES string of the molecule is Cc1ncn(CCN(C)C)c(=O)c1Br. The molecule has 1 heterocycles. The molecule has 1 aromatic rings. The van der Waals surface area contributed by atoms with Gasteiger partial charge in [0.15, 0.2) is 0 Å². The van der Waals surface area contributed by atoms with Crippen LogP contribution in [0.4, 0.5) is 0 Å². The number of nitrogens with zero attached hydrogens (tertiary/aromatic N) is 3. The van der Waals surface area contributed by atoms with E-state index in [1.807, 2.05) is 25.9 Å². The van der Waals surface area contributed by atoms with E-state index in [4.69, 9.17) is 0 Å². The normalized spacial score (nSPS) is 10.9. The molecule has 0 radical (unpaired) electrons. The van der Waals surface area contributed by atoms with E-state index in [0.29, 0.717) is 11.0 Å². The summed E-state index contributed by atoms with van der Waals surface area (Å²) in [4.78, 5) is 17.8. The van der Waals surface area contributed by atoms with Crippen molar-refractivity contribution in [3.63, 3.8) is 0 Å². The summed E-state index contributed by atoms with van der Waals surface area (Å²) < 4.78 is 2.16. The van der Waals surface area contributed by atoms with Crippen LogP contribution in [-0.4, -0.2) is 35.1 Å². The molecule has 0 saturated heterocycles. The average molecular weight is 260 g/mol. The number of likely N-dealkylation sites (N-methyl/N-ethyl adjacent to an activating group) is 1. The van der Waals surface area contributed by atoms with Crippen molar-refractivity contribution < 1.29 is 0 Å². The first-order valence-electron chi connectivity index (χ1n) is 4.38. The summed E-state index contributed by atoms with van der Waals surface area (Å²) >= 11 is 3.23. The minimum Gasteiger partial charge on any atom is -0.308 e. The Morgan fingerprint density at radius 2 is 2.21 bits per heavy atom. The van der Waals surface area contributed by atoms with Gasteiger partial charge >= 0.3 is 0 Å². The van der Waals surface area contributed by atoms with Crippen molar-refractivity contribution in [3.05, 3.63) is 26.8 Å². The second kappa shape index (κ2) is 4.70. The number of aryl methyl sites for hydroxylation is 1. The summed E-state index contributed by atoms with van der Waals surface area (Å²) in [6, 6.07) is 0. The van der Waals surface area contributed by atoms with Crippen molar-refractivity contribution in [1.82, 2.24) is 14.5 Å². The molecule has 0 aliphatic rings. The summed E-state index contributed by atoms with van der Waals surface area (Å²) in [5.74, 6) is 0. The third kappa shape index (κ3) is 2.65. The van der Waals surface area contributed by atoms with Crippen LogP contribution in [0.3, 0.4) is 0 Å². The van der Waals surface area contributed by atoms with Gasteiger partial charge in [-0.2, -0.15) is 0 Å². The molecule has 5 heteroatoms. The Labute approximate surface area is 91.7 Å². The Morgan fingerprint density at radius 3 is 2.79 bits per heavy atom. The van der Waals surface area contributed by atoms with Crippen LogP contribution in [-0.2, 0) is 6.54 Å². The van der Waals surface area contributed by atoms with Crippen molar-refractivity contribution in [2.75, 3.05) is 20.6 Å². The molecule has 1 rings (SSSR count). The third-order valence-corrected chi connectivity index (χ3v) is 2.86. The van der Waals surface area contributed by atoms with Gasteiger partial charge in [-0.1, -0.05) is 0 Å². The van der Waals surface area contributed by atoms with Crippen LogP contribution in [0.1, 0.15) is 5.69 Å². The molecule has 78 valence electrons. The van der Waals surface area contributed by atoms with Crippen LogP contribution in [0.15, 0.2) is 15.6 Å². The van der Waals surface area contributed by atoms with Gasteiger partial charge in [0.2, 0.25) is 0 Å². The van der Waals surface area contributed by atoms with Gasteiger partial charge in [-0.25, -0.2) is 4.98 Å². The van der Waals surface area contributed by atoms with E-state index in [1.54, 1.807) is 10.9 Å². The number of aromatic nitrogens is 2.